The van der Waals surface area contributed by atoms with E-state index < -0.39 is 12.2 Å². The summed E-state index contributed by atoms with van der Waals surface area (Å²) in [5.41, 5.74) is 0. The normalized spacial score (nSPS) is 12.6. The van der Waals surface area contributed by atoms with Crippen molar-refractivity contribution in [3.63, 3.8) is 0 Å². The minimum atomic E-state index is -0.597. The SMILES string of the molecule is C=CC(=O)OC(CCC)N(CO)CO. The second kappa shape index (κ2) is 7.49. The fourth-order valence-electron chi connectivity index (χ4n) is 0.972. The highest BCUT2D eigenvalue weighted by Gasteiger charge is 2.18. The quantitative estimate of drug-likeness (QED) is 0.347. The van der Waals surface area contributed by atoms with Gasteiger partial charge in [0, 0.05) is 6.08 Å². The number of nitrogens with zero attached hydrogens (tertiary/aromatic N) is 1. The molecule has 0 aliphatic rings. The fraction of sp³-hybridized carbons (Fsp3) is 0.667. The predicted molar refractivity (Wildman–Crippen MR) is 51.0 cm³/mol. The standard InChI is InChI=1S/C9H17NO4/c1-3-5-8(10(6-11)7-12)14-9(13)4-2/h4,8,11-12H,2-3,5-7H2,1H3. The molecular weight excluding hydrogens is 186 g/mol. The van der Waals surface area contributed by atoms with E-state index in [0.29, 0.717) is 6.42 Å². The summed E-state index contributed by atoms with van der Waals surface area (Å²) in [6.45, 7) is 4.47. The number of aliphatic hydroxyl groups is 2. The Hall–Kier alpha value is -0.910. The van der Waals surface area contributed by atoms with Crippen LogP contribution in [-0.4, -0.2) is 40.8 Å². The van der Waals surface area contributed by atoms with Gasteiger partial charge >= 0.3 is 5.97 Å². The van der Waals surface area contributed by atoms with Gasteiger partial charge in [-0.15, -0.1) is 0 Å². The zero-order valence-corrected chi connectivity index (χ0v) is 8.35. The van der Waals surface area contributed by atoms with Gasteiger partial charge in [-0.25, -0.2) is 9.69 Å². The second-order valence-corrected chi connectivity index (χ2v) is 2.76. The number of carbonyl (C=O) groups is 1. The van der Waals surface area contributed by atoms with Gasteiger partial charge in [0.2, 0.25) is 0 Å². The van der Waals surface area contributed by atoms with E-state index in [1.54, 1.807) is 0 Å². The molecule has 1 atom stereocenters. The Labute approximate surface area is 83.6 Å². The van der Waals surface area contributed by atoms with E-state index in [9.17, 15) is 4.79 Å². The van der Waals surface area contributed by atoms with Gasteiger partial charge in [-0.3, -0.25) is 0 Å². The molecule has 0 radical (unpaired) electrons. The van der Waals surface area contributed by atoms with Gasteiger partial charge in [-0.1, -0.05) is 19.9 Å². The maximum atomic E-state index is 10.9. The topological polar surface area (TPSA) is 70.0 Å². The molecule has 0 aromatic heterocycles. The number of esters is 1. The summed E-state index contributed by atoms with van der Waals surface area (Å²) in [5.74, 6) is -0.560. The number of rotatable bonds is 7. The number of hydrogen-bond donors (Lipinski definition) is 2. The number of aliphatic hydroxyl groups excluding tert-OH is 2. The zero-order valence-electron chi connectivity index (χ0n) is 8.35. The molecule has 5 heteroatoms. The lowest BCUT2D eigenvalue weighted by atomic mass is 10.3. The number of hydrogen-bond acceptors (Lipinski definition) is 5. The van der Waals surface area contributed by atoms with Gasteiger partial charge in [-0.2, -0.15) is 0 Å². The fourth-order valence-corrected chi connectivity index (χ4v) is 0.972. The monoisotopic (exact) mass is 203 g/mol. The highest BCUT2D eigenvalue weighted by molar-refractivity contribution is 5.81. The Morgan fingerprint density at radius 1 is 1.57 bits per heavy atom. The Kier molecular flexibility index (Phi) is 7.00. The lowest BCUT2D eigenvalue weighted by Gasteiger charge is -2.26. The van der Waals surface area contributed by atoms with Crippen LogP contribution in [0.3, 0.4) is 0 Å². The molecule has 1 unspecified atom stereocenters. The van der Waals surface area contributed by atoms with Crippen LogP contribution in [0.15, 0.2) is 12.7 Å². The molecule has 0 rings (SSSR count). The summed E-state index contributed by atoms with van der Waals surface area (Å²) in [7, 11) is 0. The van der Waals surface area contributed by atoms with Gasteiger partial charge in [0.05, 0.1) is 0 Å². The molecule has 0 amide bonds. The molecule has 0 aromatic rings. The van der Waals surface area contributed by atoms with Crippen LogP contribution in [0, 0.1) is 0 Å². The zero-order chi connectivity index (χ0) is 11.0. The third kappa shape index (κ3) is 4.36. The largest absolute Gasteiger partial charge is 0.443 e. The van der Waals surface area contributed by atoms with Gasteiger partial charge in [0.1, 0.15) is 13.5 Å². The minimum absolute atomic E-state index is 0.356. The van der Waals surface area contributed by atoms with Crippen molar-refractivity contribution in [3.05, 3.63) is 12.7 Å². The molecule has 14 heavy (non-hydrogen) atoms. The van der Waals surface area contributed by atoms with Crippen LogP contribution in [0.1, 0.15) is 19.8 Å². The van der Waals surface area contributed by atoms with Crippen LogP contribution in [-0.2, 0) is 9.53 Å². The van der Waals surface area contributed by atoms with E-state index in [1.165, 1.54) is 4.90 Å². The molecule has 0 saturated carbocycles. The van der Waals surface area contributed by atoms with E-state index in [4.69, 9.17) is 14.9 Å². The Bertz CT molecular complexity index is 180. The van der Waals surface area contributed by atoms with E-state index in [-0.39, 0.29) is 13.5 Å². The average molecular weight is 203 g/mol. The van der Waals surface area contributed by atoms with Crippen LogP contribution in [0.2, 0.25) is 0 Å². The molecule has 0 fully saturated rings. The first-order chi connectivity index (χ1) is 6.69. The maximum absolute atomic E-state index is 10.9. The maximum Gasteiger partial charge on any atom is 0.331 e. The Balaban J connectivity index is 4.24. The molecule has 0 heterocycles. The summed E-state index contributed by atoms with van der Waals surface area (Å²) in [6.07, 6.45) is 1.79. The summed E-state index contributed by atoms with van der Waals surface area (Å²) in [4.78, 5) is 12.1. The first kappa shape index (κ1) is 13.1. The summed E-state index contributed by atoms with van der Waals surface area (Å²) >= 11 is 0. The molecule has 0 aliphatic heterocycles. The van der Waals surface area contributed by atoms with Crippen LogP contribution in [0.4, 0.5) is 0 Å². The van der Waals surface area contributed by atoms with Crippen LogP contribution in [0.25, 0.3) is 0 Å². The van der Waals surface area contributed by atoms with E-state index in [0.717, 1.165) is 12.5 Å². The summed E-state index contributed by atoms with van der Waals surface area (Å²) < 4.78 is 4.93. The third-order valence-electron chi connectivity index (χ3n) is 1.73. The summed E-state index contributed by atoms with van der Waals surface area (Å²) in [6, 6.07) is 0. The molecule has 0 aliphatic carbocycles. The molecule has 2 N–H and O–H groups in total. The van der Waals surface area contributed by atoms with E-state index in [1.807, 2.05) is 6.92 Å². The Morgan fingerprint density at radius 2 is 2.14 bits per heavy atom. The van der Waals surface area contributed by atoms with Gasteiger partial charge in [-0.05, 0) is 6.42 Å². The van der Waals surface area contributed by atoms with Crippen molar-refractivity contribution in [1.29, 1.82) is 0 Å². The minimum Gasteiger partial charge on any atom is -0.443 e. The first-order valence-corrected chi connectivity index (χ1v) is 4.48. The smallest absolute Gasteiger partial charge is 0.331 e. The van der Waals surface area contributed by atoms with Crippen molar-refractivity contribution >= 4 is 5.97 Å². The first-order valence-electron chi connectivity index (χ1n) is 4.48. The molecule has 82 valence electrons. The second-order valence-electron chi connectivity index (χ2n) is 2.76. The van der Waals surface area contributed by atoms with Crippen LogP contribution < -0.4 is 0 Å². The van der Waals surface area contributed by atoms with E-state index in [2.05, 4.69) is 6.58 Å². The number of carbonyl (C=O) groups excluding carboxylic acids is 1. The third-order valence-corrected chi connectivity index (χ3v) is 1.73. The van der Waals surface area contributed by atoms with Crippen molar-refractivity contribution in [1.82, 2.24) is 4.90 Å². The summed E-state index contributed by atoms with van der Waals surface area (Å²) in [5, 5.41) is 17.7. The van der Waals surface area contributed by atoms with Crippen molar-refractivity contribution in [2.75, 3.05) is 13.5 Å². The molecule has 5 nitrogen and oxygen atoms in total. The van der Waals surface area contributed by atoms with Gasteiger partial charge in [0.25, 0.3) is 0 Å². The van der Waals surface area contributed by atoms with Crippen molar-refractivity contribution in [2.45, 2.75) is 26.0 Å². The van der Waals surface area contributed by atoms with Crippen LogP contribution in [0.5, 0.6) is 0 Å². The highest BCUT2D eigenvalue weighted by atomic mass is 16.6. The van der Waals surface area contributed by atoms with Gasteiger partial charge < -0.3 is 14.9 Å². The molecular formula is C9H17NO4. The molecule has 0 bridgehead atoms. The number of ether oxygens (including phenoxy) is 1. The molecule has 0 aromatic carbocycles. The van der Waals surface area contributed by atoms with Crippen molar-refractivity contribution < 1.29 is 19.7 Å². The lowest BCUT2D eigenvalue weighted by Crippen LogP contribution is -2.39. The van der Waals surface area contributed by atoms with E-state index >= 15 is 0 Å². The molecule has 0 spiro atoms. The predicted octanol–water partition coefficient (Wildman–Crippen LogP) is 0.0434. The van der Waals surface area contributed by atoms with Crippen molar-refractivity contribution in [3.8, 4) is 0 Å². The average Bonchev–Trinajstić information content (AvgIpc) is 2.19. The van der Waals surface area contributed by atoms with Crippen LogP contribution >= 0.6 is 0 Å². The Morgan fingerprint density at radius 3 is 2.50 bits per heavy atom. The van der Waals surface area contributed by atoms with Crippen molar-refractivity contribution in [2.24, 2.45) is 0 Å². The molecule has 0 saturated heterocycles. The highest BCUT2D eigenvalue weighted by Crippen LogP contribution is 2.07. The van der Waals surface area contributed by atoms with Gasteiger partial charge in [0.15, 0.2) is 6.23 Å². The lowest BCUT2D eigenvalue weighted by molar-refractivity contribution is -0.164.